The Morgan fingerprint density at radius 1 is 1.40 bits per heavy atom. The number of rotatable bonds is 4. The van der Waals surface area contributed by atoms with Gasteiger partial charge in [-0.1, -0.05) is 13.8 Å². The third-order valence-corrected chi connectivity index (χ3v) is 4.43. The van der Waals surface area contributed by atoms with Gasteiger partial charge in [-0.2, -0.15) is 0 Å². The van der Waals surface area contributed by atoms with Gasteiger partial charge in [0.15, 0.2) is 0 Å². The maximum absolute atomic E-state index is 11.2. The molecule has 0 saturated carbocycles. The molecule has 0 atom stereocenters. The highest BCUT2D eigenvalue weighted by Crippen LogP contribution is 2.31. The Labute approximate surface area is 129 Å². The first-order chi connectivity index (χ1) is 9.47. The summed E-state index contributed by atoms with van der Waals surface area (Å²) in [5, 5.41) is 10.6. The molecule has 104 valence electrons. The molecular weight excluding hydrogens is 340 g/mol. The lowest BCUT2D eigenvalue weighted by atomic mass is 10.1. The zero-order chi connectivity index (χ0) is 14.7. The Hall–Kier alpha value is -1.40. The number of carbonyl (C=O) groups is 1. The molecule has 0 aliphatic heterocycles. The van der Waals surface area contributed by atoms with Crippen LogP contribution < -0.4 is 0 Å². The molecule has 2 aromatic heterocycles. The van der Waals surface area contributed by atoms with E-state index in [0.717, 1.165) is 15.2 Å². The van der Waals surface area contributed by atoms with Crippen molar-refractivity contribution in [3.05, 3.63) is 46.2 Å². The van der Waals surface area contributed by atoms with E-state index in [4.69, 9.17) is 0 Å². The van der Waals surface area contributed by atoms with Crippen molar-refractivity contribution in [1.29, 1.82) is 0 Å². The van der Waals surface area contributed by atoms with E-state index in [0.29, 0.717) is 5.03 Å². The number of hydrogen-bond donors (Lipinski definition) is 1. The van der Waals surface area contributed by atoms with Crippen molar-refractivity contribution in [1.82, 2.24) is 9.97 Å². The average Bonchev–Trinajstić information content (AvgIpc) is 2.41. The van der Waals surface area contributed by atoms with Crippen molar-refractivity contribution in [2.45, 2.75) is 29.8 Å². The van der Waals surface area contributed by atoms with E-state index in [1.165, 1.54) is 11.8 Å². The normalized spacial score (nSPS) is 10.8. The minimum absolute atomic E-state index is 0.167. The summed E-state index contributed by atoms with van der Waals surface area (Å²) in [4.78, 5) is 19.9. The number of nitrogens with zero attached hydrogens (tertiary/aromatic N) is 2. The molecule has 0 aliphatic carbocycles. The van der Waals surface area contributed by atoms with Crippen LogP contribution in [0.25, 0.3) is 0 Å². The Bertz CT molecular complexity index is 647. The van der Waals surface area contributed by atoms with Gasteiger partial charge in [0.05, 0.1) is 10.0 Å². The lowest BCUT2D eigenvalue weighted by Crippen LogP contribution is -2.02. The van der Waals surface area contributed by atoms with Crippen LogP contribution in [-0.2, 0) is 0 Å². The summed E-state index contributed by atoms with van der Waals surface area (Å²) < 4.78 is 0.860. The van der Waals surface area contributed by atoms with Crippen LogP contribution in [0.2, 0.25) is 0 Å². The fourth-order valence-electron chi connectivity index (χ4n) is 1.54. The lowest BCUT2D eigenvalue weighted by Gasteiger charge is -2.09. The van der Waals surface area contributed by atoms with Gasteiger partial charge in [-0.3, -0.25) is 0 Å². The van der Waals surface area contributed by atoms with Gasteiger partial charge < -0.3 is 5.11 Å². The van der Waals surface area contributed by atoms with Crippen LogP contribution in [0.1, 0.15) is 35.8 Å². The number of hydrogen-bond acceptors (Lipinski definition) is 4. The van der Waals surface area contributed by atoms with Crippen molar-refractivity contribution in [2.24, 2.45) is 0 Å². The van der Waals surface area contributed by atoms with Gasteiger partial charge in [-0.15, -0.1) is 0 Å². The van der Waals surface area contributed by atoms with Crippen molar-refractivity contribution < 1.29 is 9.90 Å². The van der Waals surface area contributed by atoms with E-state index in [-0.39, 0.29) is 11.5 Å². The third-order valence-electron chi connectivity index (χ3n) is 2.59. The molecule has 2 aromatic rings. The summed E-state index contributed by atoms with van der Waals surface area (Å²) in [5.41, 5.74) is 1.01. The van der Waals surface area contributed by atoms with Crippen molar-refractivity contribution >= 4 is 33.7 Å². The molecule has 0 unspecified atom stereocenters. The Morgan fingerprint density at radius 3 is 2.75 bits per heavy atom. The highest BCUT2D eigenvalue weighted by Gasteiger charge is 2.13. The molecule has 1 N–H and O–H groups in total. The standard InChI is InChI=1S/C14H13BrN2O2S/c1-8(2)11-6-9(14(18)19)7-12(17-11)20-13-10(15)4-3-5-16-13/h3-8H,1-2H3,(H,18,19). The van der Waals surface area contributed by atoms with Crippen LogP contribution in [-0.4, -0.2) is 21.0 Å². The SMILES string of the molecule is CC(C)c1cc(C(=O)O)cc(Sc2ncccc2Br)n1. The zero-order valence-corrected chi connectivity index (χ0v) is 13.4. The van der Waals surface area contributed by atoms with Gasteiger partial charge in [-0.25, -0.2) is 14.8 Å². The first-order valence-electron chi connectivity index (χ1n) is 6.01. The van der Waals surface area contributed by atoms with Gasteiger partial charge in [0.25, 0.3) is 0 Å². The first kappa shape index (κ1) is 15.0. The fourth-order valence-corrected chi connectivity index (χ4v) is 2.85. The molecule has 2 heterocycles. The smallest absolute Gasteiger partial charge is 0.335 e. The molecular formula is C14H13BrN2O2S. The van der Waals surface area contributed by atoms with Gasteiger partial charge in [0, 0.05) is 11.9 Å². The maximum atomic E-state index is 11.2. The quantitative estimate of drug-likeness (QED) is 0.892. The molecule has 6 heteroatoms. The summed E-state index contributed by atoms with van der Waals surface area (Å²) >= 11 is 4.77. The van der Waals surface area contributed by atoms with Crippen LogP contribution in [0.5, 0.6) is 0 Å². The first-order valence-corrected chi connectivity index (χ1v) is 7.62. The zero-order valence-electron chi connectivity index (χ0n) is 11.0. The molecule has 0 radical (unpaired) electrons. The predicted octanol–water partition coefficient (Wildman–Crippen LogP) is 4.21. The summed E-state index contributed by atoms with van der Waals surface area (Å²) in [6, 6.07) is 6.90. The largest absolute Gasteiger partial charge is 0.478 e. The van der Waals surface area contributed by atoms with Gasteiger partial charge in [-0.05, 0) is 57.9 Å². The van der Waals surface area contributed by atoms with E-state index < -0.39 is 5.97 Å². The molecule has 0 aromatic carbocycles. The molecule has 2 rings (SSSR count). The van der Waals surface area contributed by atoms with E-state index in [1.54, 1.807) is 18.3 Å². The number of aromatic carboxylic acids is 1. The van der Waals surface area contributed by atoms with Gasteiger partial charge in [0.1, 0.15) is 10.1 Å². The molecule has 0 fully saturated rings. The second-order valence-electron chi connectivity index (χ2n) is 4.47. The van der Waals surface area contributed by atoms with Crippen LogP contribution in [0.15, 0.2) is 45.0 Å². The summed E-state index contributed by atoms with van der Waals surface area (Å²) in [6.45, 7) is 3.97. The predicted molar refractivity (Wildman–Crippen MR) is 81.3 cm³/mol. The molecule has 0 saturated heterocycles. The van der Waals surface area contributed by atoms with Crippen LogP contribution in [0.4, 0.5) is 0 Å². The summed E-state index contributed by atoms with van der Waals surface area (Å²) in [5.74, 6) is -0.781. The van der Waals surface area contributed by atoms with Gasteiger partial charge in [0.2, 0.25) is 0 Å². The van der Waals surface area contributed by atoms with Gasteiger partial charge >= 0.3 is 5.97 Å². The van der Waals surface area contributed by atoms with Crippen LogP contribution >= 0.6 is 27.7 Å². The topological polar surface area (TPSA) is 63.1 Å². The number of pyridine rings is 2. The number of carboxylic acid groups (broad SMARTS) is 1. The molecule has 0 spiro atoms. The van der Waals surface area contributed by atoms with E-state index in [1.807, 2.05) is 26.0 Å². The lowest BCUT2D eigenvalue weighted by molar-refractivity contribution is 0.0696. The van der Waals surface area contributed by atoms with E-state index in [2.05, 4.69) is 25.9 Å². The maximum Gasteiger partial charge on any atom is 0.335 e. The Morgan fingerprint density at radius 2 is 2.15 bits per heavy atom. The summed E-state index contributed by atoms with van der Waals surface area (Å²) in [6.07, 6.45) is 1.69. The molecule has 0 aliphatic rings. The summed E-state index contributed by atoms with van der Waals surface area (Å²) in [7, 11) is 0. The van der Waals surface area contributed by atoms with Crippen molar-refractivity contribution in [3.63, 3.8) is 0 Å². The number of carboxylic acids is 1. The van der Waals surface area contributed by atoms with Crippen LogP contribution in [0.3, 0.4) is 0 Å². The molecule has 0 amide bonds. The molecule has 20 heavy (non-hydrogen) atoms. The average molecular weight is 353 g/mol. The monoisotopic (exact) mass is 352 g/mol. The fraction of sp³-hybridized carbons (Fsp3) is 0.214. The Balaban J connectivity index is 2.41. The van der Waals surface area contributed by atoms with E-state index >= 15 is 0 Å². The highest BCUT2D eigenvalue weighted by atomic mass is 79.9. The minimum atomic E-state index is -0.948. The number of halogens is 1. The minimum Gasteiger partial charge on any atom is -0.478 e. The van der Waals surface area contributed by atoms with Crippen molar-refractivity contribution in [3.8, 4) is 0 Å². The number of aromatic nitrogens is 2. The second-order valence-corrected chi connectivity index (χ2v) is 6.33. The molecule has 4 nitrogen and oxygen atoms in total. The second kappa shape index (κ2) is 6.37. The third kappa shape index (κ3) is 3.58. The highest BCUT2D eigenvalue weighted by molar-refractivity contribution is 9.10. The Kier molecular flexibility index (Phi) is 4.77. The van der Waals surface area contributed by atoms with E-state index in [9.17, 15) is 9.90 Å². The van der Waals surface area contributed by atoms with Crippen molar-refractivity contribution in [2.75, 3.05) is 0 Å². The van der Waals surface area contributed by atoms with Crippen LogP contribution in [0, 0.1) is 0 Å². The molecule has 0 bridgehead atoms.